The number of para-hydroxylation sites is 1. The molecule has 0 atom stereocenters. The summed E-state index contributed by atoms with van der Waals surface area (Å²) >= 11 is 6.83. The third kappa shape index (κ3) is 3.68. The summed E-state index contributed by atoms with van der Waals surface area (Å²) < 4.78 is 5.29. The first kappa shape index (κ1) is 12.8. The SMILES string of the molecule is O=C(COc1ccccc1)Nc1nnc(CCl)s1. The highest BCUT2D eigenvalue weighted by atomic mass is 35.5. The Labute approximate surface area is 113 Å². The van der Waals surface area contributed by atoms with Crippen LogP contribution in [0.3, 0.4) is 0 Å². The molecule has 94 valence electrons. The van der Waals surface area contributed by atoms with Gasteiger partial charge in [-0.1, -0.05) is 29.5 Å². The second kappa shape index (κ2) is 6.32. The minimum absolute atomic E-state index is 0.0696. The summed E-state index contributed by atoms with van der Waals surface area (Å²) in [7, 11) is 0. The number of halogens is 1. The van der Waals surface area contributed by atoms with E-state index < -0.39 is 0 Å². The summed E-state index contributed by atoms with van der Waals surface area (Å²) in [5.74, 6) is 0.649. The van der Waals surface area contributed by atoms with Crippen LogP contribution in [0.1, 0.15) is 5.01 Å². The Morgan fingerprint density at radius 1 is 1.33 bits per heavy atom. The molecule has 0 unspecified atom stereocenters. The zero-order valence-electron chi connectivity index (χ0n) is 9.30. The lowest BCUT2D eigenvalue weighted by Gasteiger charge is -2.04. The number of carbonyl (C=O) groups is 1. The summed E-state index contributed by atoms with van der Waals surface area (Å²) in [6.45, 7) is -0.0696. The van der Waals surface area contributed by atoms with Gasteiger partial charge < -0.3 is 4.74 Å². The Bertz CT molecular complexity index is 518. The predicted octanol–water partition coefficient (Wildman–Crippen LogP) is 2.29. The summed E-state index contributed by atoms with van der Waals surface area (Å²) in [5, 5.41) is 11.2. The number of ether oxygens (including phenoxy) is 1. The third-order valence-corrected chi connectivity index (χ3v) is 3.19. The molecule has 0 bridgehead atoms. The maximum atomic E-state index is 11.6. The number of nitrogens with zero attached hydrogens (tertiary/aromatic N) is 2. The van der Waals surface area contributed by atoms with Crippen LogP contribution >= 0.6 is 22.9 Å². The minimum atomic E-state index is -0.281. The van der Waals surface area contributed by atoms with Gasteiger partial charge in [-0.25, -0.2) is 0 Å². The highest BCUT2D eigenvalue weighted by molar-refractivity contribution is 7.15. The lowest BCUT2D eigenvalue weighted by molar-refractivity contribution is -0.118. The maximum absolute atomic E-state index is 11.6. The summed E-state index contributed by atoms with van der Waals surface area (Å²) in [6, 6.07) is 9.12. The number of nitrogens with one attached hydrogen (secondary N) is 1. The molecule has 2 rings (SSSR count). The van der Waals surface area contributed by atoms with Crippen LogP contribution < -0.4 is 10.1 Å². The third-order valence-electron chi connectivity index (χ3n) is 1.94. The molecule has 0 saturated carbocycles. The highest BCUT2D eigenvalue weighted by Gasteiger charge is 2.08. The van der Waals surface area contributed by atoms with E-state index >= 15 is 0 Å². The van der Waals surface area contributed by atoms with Gasteiger partial charge in [-0.15, -0.1) is 21.8 Å². The van der Waals surface area contributed by atoms with Gasteiger partial charge in [-0.2, -0.15) is 0 Å². The van der Waals surface area contributed by atoms with Crippen LogP contribution in [0.15, 0.2) is 30.3 Å². The van der Waals surface area contributed by atoms with Crippen LogP contribution in [0.5, 0.6) is 5.75 Å². The van der Waals surface area contributed by atoms with E-state index in [1.807, 2.05) is 18.2 Å². The molecule has 0 aliphatic rings. The fourth-order valence-corrected chi connectivity index (χ4v) is 2.00. The lowest BCUT2D eigenvalue weighted by atomic mass is 10.3. The molecule has 0 spiro atoms. The number of hydrogen-bond donors (Lipinski definition) is 1. The first-order valence-corrected chi connectivity index (χ1v) is 6.49. The van der Waals surface area contributed by atoms with Crippen molar-refractivity contribution >= 4 is 34.0 Å². The van der Waals surface area contributed by atoms with Crippen molar-refractivity contribution in [3.05, 3.63) is 35.3 Å². The molecule has 0 aliphatic carbocycles. The number of hydrogen-bond acceptors (Lipinski definition) is 5. The van der Waals surface area contributed by atoms with Gasteiger partial charge in [0.15, 0.2) is 6.61 Å². The number of benzene rings is 1. The van der Waals surface area contributed by atoms with E-state index in [1.54, 1.807) is 12.1 Å². The van der Waals surface area contributed by atoms with Crippen molar-refractivity contribution in [2.75, 3.05) is 11.9 Å². The maximum Gasteiger partial charge on any atom is 0.264 e. The van der Waals surface area contributed by atoms with Crippen LogP contribution in [-0.4, -0.2) is 22.7 Å². The molecular formula is C11H10ClN3O2S. The number of alkyl halides is 1. The van der Waals surface area contributed by atoms with Gasteiger partial charge in [-0.05, 0) is 12.1 Å². The standard InChI is InChI=1S/C11H10ClN3O2S/c12-6-10-14-15-11(18-10)13-9(16)7-17-8-4-2-1-3-5-8/h1-5H,6-7H2,(H,13,15,16). The largest absolute Gasteiger partial charge is 0.484 e. The average molecular weight is 284 g/mol. The number of anilines is 1. The van der Waals surface area contributed by atoms with Crippen molar-refractivity contribution < 1.29 is 9.53 Å². The molecule has 1 amide bonds. The van der Waals surface area contributed by atoms with Gasteiger partial charge in [0, 0.05) is 0 Å². The van der Waals surface area contributed by atoms with Gasteiger partial charge in [0.05, 0.1) is 5.88 Å². The van der Waals surface area contributed by atoms with Crippen molar-refractivity contribution in [2.45, 2.75) is 5.88 Å². The van der Waals surface area contributed by atoms with Crippen molar-refractivity contribution in [1.29, 1.82) is 0 Å². The first-order chi connectivity index (χ1) is 8.78. The van der Waals surface area contributed by atoms with Crippen LogP contribution in [-0.2, 0) is 10.7 Å². The molecule has 1 heterocycles. The van der Waals surface area contributed by atoms with Crippen LogP contribution in [0.2, 0.25) is 0 Å². The molecule has 1 aromatic heterocycles. The Kier molecular flexibility index (Phi) is 4.49. The van der Waals surface area contributed by atoms with Gasteiger partial charge in [0.25, 0.3) is 5.91 Å². The molecular weight excluding hydrogens is 274 g/mol. The van der Waals surface area contributed by atoms with E-state index in [0.29, 0.717) is 15.9 Å². The van der Waals surface area contributed by atoms with Crippen molar-refractivity contribution in [1.82, 2.24) is 10.2 Å². The van der Waals surface area contributed by atoms with Gasteiger partial charge >= 0.3 is 0 Å². The van der Waals surface area contributed by atoms with E-state index in [-0.39, 0.29) is 18.4 Å². The van der Waals surface area contributed by atoms with Crippen LogP contribution in [0.4, 0.5) is 5.13 Å². The number of carbonyl (C=O) groups excluding carboxylic acids is 1. The Hall–Kier alpha value is -1.66. The fourth-order valence-electron chi connectivity index (χ4n) is 1.18. The second-order valence-electron chi connectivity index (χ2n) is 3.28. The molecule has 2 aromatic rings. The zero-order valence-corrected chi connectivity index (χ0v) is 10.9. The normalized spacial score (nSPS) is 10.1. The van der Waals surface area contributed by atoms with Crippen LogP contribution in [0.25, 0.3) is 0 Å². The Balaban J connectivity index is 1.82. The molecule has 0 aliphatic heterocycles. The topological polar surface area (TPSA) is 64.1 Å². The van der Waals surface area contributed by atoms with Crippen LogP contribution in [0, 0.1) is 0 Å². The highest BCUT2D eigenvalue weighted by Crippen LogP contribution is 2.16. The van der Waals surface area contributed by atoms with E-state index in [1.165, 1.54) is 11.3 Å². The number of rotatable bonds is 5. The minimum Gasteiger partial charge on any atom is -0.484 e. The van der Waals surface area contributed by atoms with E-state index in [2.05, 4.69) is 15.5 Å². The summed E-state index contributed by atoms with van der Waals surface area (Å²) in [5.41, 5.74) is 0. The Morgan fingerprint density at radius 3 is 2.78 bits per heavy atom. The second-order valence-corrected chi connectivity index (χ2v) is 4.61. The van der Waals surface area contributed by atoms with Crippen molar-refractivity contribution in [2.24, 2.45) is 0 Å². The predicted molar refractivity (Wildman–Crippen MR) is 70.0 cm³/mol. The number of aromatic nitrogens is 2. The summed E-state index contributed by atoms with van der Waals surface area (Å²) in [4.78, 5) is 11.6. The van der Waals surface area contributed by atoms with Gasteiger partial charge in [-0.3, -0.25) is 10.1 Å². The monoisotopic (exact) mass is 283 g/mol. The fraction of sp³-hybridized carbons (Fsp3) is 0.182. The van der Waals surface area contributed by atoms with Gasteiger partial charge in [0.1, 0.15) is 10.8 Å². The molecule has 18 heavy (non-hydrogen) atoms. The molecule has 7 heteroatoms. The number of amides is 1. The van der Waals surface area contributed by atoms with Gasteiger partial charge in [0.2, 0.25) is 5.13 Å². The Morgan fingerprint density at radius 2 is 2.11 bits per heavy atom. The lowest BCUT2D eigenvalue weighted by Crippen LogP contribution is -2.20. The molecule has 0 saturated heterocycles. The quantitative estimate of drug-likeness (QED) is 0.855. The van der Waals surface area contributed by atoms with E-state index in [9.17, 15) is 4.79 Å². The molecule has 0 radical (unpaired) electrons. The summed E-state index contributed by atoms with van der Waals surface area (Å²) in [6.07, 6.45) is 0. The smallest absolute Gasteiger partial charge is 0.264 e. The average Bonchev–Trinajstić information content (AvgIpc) is 2.85. The van der Waals surface area contributed by atoms with Crippen molar-refractivity contribution in [3.8, 4) is 5.75 Å². The van der Waals surface area contributed by atoms with Crippen molar-refractivity contribution in [3.63, 3.8) is 0 Å². The molecule has 1 N–H and O–H groups in total. The first-order valence-electron chi connectivity index (χ1n) is 5.14. The van der Waals surface area contributed by atoms with E-state index in [0.717, 1.165) is 0 Å². The molecule has 5 nitrogen and oxygen atoms in total. The van der Waals surface area contributed by atoms with E-state index in [4.69, 9.17) is 16.3 Å². The zero-order chi connectivity index (χ0) is 12.8. The molecule has 1 aromatic carbocycles. The molecule has 0 fully saturated rings.